The highest BCUT2D eigenvalue weighted by Crippen LogP contribution is 2.11. The highest BCUT2D eigenvalue weighted by Gasteiger charge is 2.09. The standard InChI is InChI=1S/C15H25N5OS.HI/c1-6-8-16-15(18-11-14(21)19(3)4)20(5)9-7-13-17-10-12(2)22-13;/h6,10H,1,7-9,11H2,2-5H3,(H,16,18);1H. The molecule has 0 saturated heterocycles. The van der Waals surface area contributed by atoms with E-state index in [0.29, 0.717) is 12.5 Å². The monoisotopic (exact) mass is 451 g/mol. The fourth-order valence-electron chi connectivity index (χ4n) is 1.65. The van der Waals surface area contributed by atoms with Gasteiger partial charge < -0.3 is 15.1 Å². The van der Waals surface area contributed by atoms with Crippen molar-refractivity contribution >= 4 is 47.2 Å². The number of carbonyl (C=O) groups excluding carboxylic acids is 1. The molecule has 6 nitrogen and oxygen atoms in total. The van der Waals surface area contributed by atoms with Crippen molar-refractivity contribution in [2.75, 3.05) is 40.8 Å². The zero-order chi connectivity index (χ0) is 16.5. The molecule has 23 heavy (non-hydrogen) atoms. The fourth-order valence-corrected chi connectivity index (χ4v) is 2.42. The number of halogens is 1. The lowest BCUT2D eigenvalue weighted by Gasteiger charge is -2.21. The molecular weight excluding hydrogens is 425 g/mol. The highest BCUT2D eigenvalue weighted by molar-refractivity contribution is 14.0. The SMILES string of the molecule is C=CCNC(=NCC(=O)N(C)C)N(C)CCc1ncc(C)s1.I. The van der Waals surface area contributed by atoms with Gasteiger partial charge in [0.05, 0.1) is 5.01 Å². The van der Waals surface area contributed by atoms with Crippen molar-refractivity contribution in [1.29, 1.82) is 0 Å². The van der Waals surface area contributed by atoms with E-state index in [1.54, 1.807) is 31.5 Å². The minimum Gasteiger partial charge on any atom is -0.353 e. The third-order valence-corrected chi connectivity index (χ3v) is 3.93. The summed E-state index contributed by atoms with van der Waals surface area (Å²) in [5.74, 6) is 0.672. The molecule has 0 radical (unpaired) electrons. The number of nitrogens with one attached hydrogen (secondary N) is 1. The van der Waals surface area contributed by atoms with Gasteiger partial charge in [-0.3, -0.25) is 4.79 Å². The molecule has 1 rings (SSSR count). The van der Waals surface area contributed by atoms with Crippen LogP contribution in [0.1, 0.15) is 9.88 Å². The Labute approximate surface area is 159 Å². The van der Waals surface area contributed by atoms with Crippen molar-refractivity contribution in [3.05, 3.63) is 28.7 Å². The maximum absolute atomic E-state index is 11.7. The van der Waals surface area contributed by atoms with E-state index in [1.807, 2.05) is 18.1 Å². The summed E-state index contributed by atoms with van der Waals surface area (Å²) in [5, 5.41) is 4.28. The molecule has 0 atom stereocenters. The molecule has 0 saturated carbocycles. The first kappa shape index (κ1) is 21.8. The van der Waals surface area contributed by atoms with E-state index in [9.17, 15) is 4.79 Å². The number of aromatic nitrogens is 1. The van der Waals surface area contributed by atoms with Crippen LogP contribution in [0.5, 0.6) is 0 Å². The summed E-state index contributed by atoms with van der Waals surface area (Å²) in [6.07, 6.45) is 4.51. The largest absolute Gasteiger partial charge is 0.353 e. The average molecular weight is 451 g/mol. The first-order valence-electron chi connectivity index (χ1n) is 7.15. The van der Waals surface area contributed by atoms with Crippen molar-refractivity contribution in [2.45, 2.75) is 13.3 Å². The molecule has 0 bridgehead atoms. The molecule has 0 aliphatic rings. The number of aryl methyl sites for hydroxylation is 1. The average Bonchev–Trinajstić information content (AvgIpc) is 2.90. The Kier molecular flexibility index (Phi) is 10.8. The van der Waals surface area contributed by atoms with Gasteiger partial charge >= 0.3 is 0 Å². The minimum atomic E-state index is -0.0261. The lowest BCUT2D eigenvalue weighted by atomic mass is 10.4. The van der Waals surface area contributed by atoms with Gasteiger partial charge in [0.25, 0.3) is 0 Å². The second-order valence-electron chi connectivity index (χ2n) is 5.13. The molecule has 1 N–H and O–H groups in total. The van der Waals surface area contributed by atoms with E-state index < -0.39 is 0 Å². The number of amides is 1. The zero-order valence-electron chi connectivity index (χ0n) is 14.2. The summed E-state index contributed by atoms with van der Waals surface area (Å²) < 4.78 is 0. The van der Waals surface area contributed by atoms with E-state index in [4.69, 9.17) is 0 Å². The van der Waals surface area contributed by atoms with Crippen LogP contribution in [-0.2, 0) is 11.2 Å². The molecule has 0 spiro atoms. The quantitative estimate of drug-likeness (QED) is 0.297. The van der Waals surface area contributed by atoms with Crippen LogP contribution in [0.4, 0.5) is 0 Å². The fraction of sp³-hybridized carbons (Fsp3) is 0.533. The van der Waals surface area contributed by atoms with Crippen molar-refractivity contribution in [2.24, 2.45) is 4.99 Å². The van der Waals surface area contributed by atoms with Crippen LogP contribution >= 0.6 is 35.3 Å². The number of carbonyl (C=O) groups is 1. The number of nitrogens with zero attached hydrogens (tertiary/aromatic N) is 4. The maximum Gasteiger partial charge on any atom is 0.243 e. The van der Waals surface area contributed by atoms with Crippen LogP contribution in [0.15, 0.2) is 23.8 Å². The van der Waals surface area contributed by atoms with Crippen molar-refractivity contribution < 1.29 is 4.79 Å². The van der Waals surface area contributed by atoms with Crippen molar-refractivity contribution in [3.8, 4) is 0 Å². The molecule has 1 heterocycles. The molecule has 0 unspecified atom stereocenters. The number of guanidine groups is 1. The Morgan fingerprint density at radius 3 is 2.70 bits per heavy atom. The van der Waals surface area contributed by atoms with Crippen LogP contribution in [0, 0.1) is 6.92 Å². The Morgan fingerprint density at radius 1 is 1.48 bits per heavy atom. The first-order chi connectivity index (χ1) is 10.4. The number of aliphatic imine (C=N–C) groups is 1. The number of thiazole rings is 1. The predicted molar refractivity (Wildman–Crippen MR) is 108 cm³/mol. The Balaban J connectivity index is 0.00000484. The third kappa shape index (κ3) is 8.31. The third-order valence-electron chi connectivity index (χ3n) is 2.96. The molecular formula is C15H26IN5OS. The van der Waals surface area contributed by atoms with E-state index in [1.165, 1.54) is 9.78 Å². The van der Waals surface area contributed by atoms with Gasteiger partial charge in [-0.05, 0) is 6.92 Å². The van der Waals surface area contributed by atoms with Crippen LogP contribution in [0.2, 0.25) is 0 Å². The van der Waals surface area contributed by atoms with Crippen LogP contribution < -0.4 is 5.32 Å². The van der Waals surface area contributed by atoms with Gasteiger partial charge in [-0.25, -0.2) is 9.98 Å². The summed E-state index contributed by atoms with van der Waals surface area (Å²) in [5.41, 5.74) is 0. The summed E-state index contributed by atoms with van der Waals surface area (Å²) >= 11 is 1.71. The van der Waals surface area contributed by atoms with E-state index >= 15 is 0 Å². The lowest BCUT2D eigenvalue weighted by Crippen LogP contribution is -2.41. The Morgan fingerprint density at radius 2 is 2.17 bits per heavy atom. The molecule has 130 valence electrons. The summed E-state index contributed by atoms with van der Waals surface area (Å²) in [6.45, 7) is 7.27. The smallest absolute Gasteiger partial charge is 0.243 e. The summed E-state index contributed by atoms with van der Waals surface area (Å²) in [7, 11) is 5.40. The van der Waals surface area contributed by atoms with Crippen molar-refractivity contribution in [1.82, 2.24) is 20.1 Å². The second-order valence-corrected chi connectivity index (χ2v) is 6.45. The van der Waals surface area contributed by atoms with E-state index in [0.717, 1.165) is 18.0 Å². The van der Waals surface area contributed by atoms with Crippen LogP contribution in [0.25, 0.3) is 0 Å². The first-order valence-corrected chi connectivity index (χ1v) is 7.97. The number of hydrogen-bond donors (Lipinski definition) is 1. The molecule has 1 aromatic rings. The molecule has 1 amide bonds. The molecule has 0 aromatic carbocycles. The van der Waals surface area contributed by atoms with Crippen molar-refractivity contribution in [3.63, 3.8) is 0 Å². The van der Waals surface area contributed by atoms with Gasteiger partial charge in [0, 0.05) is 51.7 Å². The molecule has 0 fully saturated rings. The van der Waals surface area contributed by atoms with Gasteiger partial charge in [-0.1, -0.05) is 6.08 Å². The zero-order valence-corrected chi connectivity index (χ0v) is 17.4. The number of likely N-dealkylation sites (N-methyl/N-ethyl adjacent to an activating group) is 2. The molecule has 0 aliphatic carbocycles. The van der Waals surface area contributed by atoms with Gasteiger partial charge in [-0.15, -0.1) is 41.9 Å². The number of rotatable bonds is 7. The maximum atomic E-state index is 11.7. The summed E-state index contributed by atoms with van der Waals surface area (Å²) in [6, 6.07) is 0. The highest BCUT2D eigenvalue weighted by atomic mass is 127. The molecule has 0 aliphatic heterocycles. The van der Waals surface area contributed by atoms with Crippen LogP contribution in [0.3, 0.4) is 0 Å². The minimum absolute atomic E-state index is 0. The second kappa shape index (κ2) is 11.4. The number of hydrogen-bond acceptors (Lipinski definition) is 4. The molecule has 8 heteroatoms. The topological polar surface area (TPSA) is 60.8 Å². The van der Waals surface area contributed by atoms with Gasteiger partial charge in [0.2, 0.25) is 5.91 Å². The predicted octanol–water partition coefficient (Wildman–Crippen LogP) is 1.76. The van der Waals surface area contributed by atoms with Crippen LogP contribution in [-0.4, -0.2) is 67.4 Å². The van der Waals surface area contributed by atoms with Gasteiger partial charge in [0.1, 0.15) is 6.54 Å². The Hall–Kier alpha value is -1.16. The normalized spacial score (nSPS) is 10.7. The van der Waals surface area contributed by atoms with Gasteiger partial charge in [-0.2, -0.15) is 0 Å². The molecule has 1 aromatic heterocycles. The lowest BCUT2D eigenvalue weighted by molar-refractivity contribution is -0.127. The van der Waals surface area contributed by atoms with Gasteiger partial charge in [0.15, 0.2) is 5.96 Å². The Bertz CT molecular complexity index is 530. The summed E-state index contributed by atoms with van der Waals surface area (Å²) in [4.78, 5) is 25.2. The van der Waals surface area contributed by atoms with E-state index in [-0.39, 0.29) is 36.4 Å². The van der Waals surface area contributed by atoms with E-state index in [2.05, 4.69) is 28.8 Å².